The van der Waals surface area contributed by atoms with Crippen LogP contribution in [-0.2, 0) is 5.41 Å². The van der Waals surface area contributed by atoms with E-state index in [1.807, 2.05) is 11.8 Å². The van der Waals surface area contributed by atoms with Crippen LogP contribution in [0, 0.1) is 0 Å². The zero-order valence-corrected chi connectivity index (χ0v) is 24.5. The molecule has 1 spiro atoms. The van der Waals surface area contributed by atoms with Crippen molar-refractivity contribution in [2.24, 2.45) is 0 Å². The highest BCUT2D eigenvalue weighted by molar-refractivity contribution is 7.99. The second-order valence-electron chi connectivity index (χ2n) is 11.7. The van der Waals surface area contributed by atoms with Crippen LogP contribution in [-0.4, -0.2) is 0 Å². The summed E-state index contributed by atoms with van der Waals surface area (Å²) in [6.45, 7) is 0. The van der Waals surface area contributed by atoms with Crippen molar-refractivity contribution in [1.29, 1.82) is 0 Å². The van der Waals surface area contributed by atoms with Crippen molar-refractivity contribution in [3.05, 3.63) is 168 Å². The normalized spacial score (nSPS) is 14.0. The van der Waals surface area contributed by atoms with Crippen molar-refractivity contribution in [3.8, 4) is 11.1 Å². The largest absolute Gasteiger partial charge is 0.455 e. The van der Waals surface area contributed by atoms with Gasteiger partial charge in [0.15, 0.2) is 0 Å². The van der Waals surface area contributed by atoms with E-state index < -0.39 is 5.41 Å². The molecule has 2 heterocycles. The van der Waals surface area contributed by atoms with E-state index in [0.29, 0.717) is 0 Å². The van der Waals surface area contributed by atoms with E-state index in [1.54, 1.807) is 0 Å². The van der Waals surface area contributed by atoms with Crippen LogP contribution in [0.3, 0.4) is 0 Å². The molecule has 2 aliphatic rings. The molecule has 0 fully saturated rings. The average molecular weight is 580 g/mol. The molecule has 3 heteroatoms. The minimum Gasteiger partial charge on any atom is -0.455 e. The van der Waals surface area contributed by atoms with Gasteiger partial charge in [-0.2, -0.15) is 0 Å². The number of furan rings is 1. The molecule has 0 amide bonds. The summed E-state index contributed by atoms with van der Waals surface area (Å²) in [5, 5.41) is 8.39. The first-order valence-electron chi connectivity index (χ1n) is 15.0. The lowest BCUT2D eigenvalue weighted by Gasteiger charge is -2.40. The van der Waals surface area contributed by atoms with Gasteiger partial charge in [0.25, 0.3) is 0 Å². The van der Waals surface area contributed by atoms with E-state index in [1.165, 1.54) is 48.6 Å². The molecule has 0 unspecified atom stereocenters. The summed E-state index contributed by atoms with van der Waals surface area (Å²) in [5.74, 6) is 0. The molecule has 1 aliphatic carbocycles. The Labute approximate surface area is 259 Å². The minimum absolute atomic E-state index is 0.394. The van der Waals surface area contributed by atoms with Gasteiger partial charge >= 0.3 is 0 Å². The number of nitrogens with one attached hydrogen (secondary N) is 1. The predicted molar refractivity (Wildman–Crippen MR) is 182 cm³/mol. The van der Waals surface area contributed by atoms with Crippen LogP contribution in [0.5, 0.6) is 0 Å². The average Bonchev–Trinajstić information content (AvgIpc) is 3.61. The summed E-state index contributed by atoms with van der Waals surface area (Å²) in [6.07, 6.45) is 0. The summed E-state index contributed by atoms with van der Waals surface area (Å²) < 4.78 is 6.48. The van der Waals surface area contributed by atoms with Crippen molar-refractivity contribution in [1.82, 2.24) is 0 Å². The lowest BCUT2D eigenvalue weighted by atomic mass is 9.67. The fraction of sp³-hybridized carbons (Fsp3) is 0.0244. The van der Waals surface area contributed by atoms with Gasteiger partial charge in [0.1, 0.15) is 11.2 Å². The number of hydrogen-bond acceptors (Lipinski definition) is 3. The Kier molecular flexibility index (Phi) is 4.89. The summed E-state index contributed by atoms with van der Waals surface area (Å²) in [5.41, 5.74) is 11.5. The van der Waals surface area contributed by atoms with Crippen LogP contribution in [0.15, 0.2) is 160 Å². The molecular formula is C41H25NOS. The zero-order valence-electron chi connectivity index (χ0n) is 23.7. The number of rotatable bonds is 2. The summed E-state index contributed by atoms with van der Waals surface area (Å²) in [6, 6.07) is 52.9. The number of fused-ring (bicyclic) bond motifs is 14. The summed E-state index contributed by atoms with van der Waals surface area (Å²) in [7, 11) is 0. The molecule has 10 rings (SSSR count). The van der Waals surface area contributed by atoms with Gasteiger partial charge in [-0.25, -0.2) is 0 Å². The second-order valence-corrected chi connectivity index (χ2v) is 12.8. The van der Waals surface area contributed by atoms with Crippen LogP contribution >= 0.6 is 11.8 Å². The number of anilines is 2. The first kappa shape index (κ1) is 24.2. The quantitative estimate of drug-likeness (QED) is 0.220. The number of hydrogen-bond donors (Lipinski definition) is 1. The molecule has 1 aromatic heterocycles. The third kappa shape index (κ3) is 3.12. The molecule has 1 N–H and O–H groups in total. The monoisotopic (exact) mass is 579 g/mol. The molecule has 0 atom stereocenters. The highest BCUT2D eigenvalue weighted by Gasteiger charge is 2.50. The topological polar surface area (TPSA) is 25.2 Å². The van der Waals surface area contributed by atoms with Crippen LogP contribution < -0.4 is 5.32 Å². The first-order chi connectivity index (χ1) is 21.8. The van der Waals surface area contributed by atoms with Gasteiger partial charge in [-0.1, -0.05) is 115 Å². The molecule has 7 aromatic carbocycles. The third-order valence-electron chi connectivity index (χ3n) is 9.51. The van der Waals surface area contributed by atoms with Crippen molar-refractivity contribution >= 4 is 55.8 Å². The van der Waals surface area contributed by atoms with E-state index in [-0.39, 0.29) is 0 Å². The van der Waals surface area contributed by atoms with Crippen LogP contribution in [0.4, 0.5) is 11.4 Å². The van der Waals surface area contributed by atoms with Gasteiger partial charge in [0, 0.05) is 26.3 Å². The second kappa shape index (κ2) is 8.89. The highest BCUT2D eigenvalue weighted by atomic mass is 32.2. The predicted octanol–water partition coefficient (Wildman–Crippen LogP) is 11.3. The van der Waals surface area contributed by atoms with Crippen molar-refractivity contribution in [2.75, 3.05) is 5.32 Å². The standard InChI is InChI=1S/C41H25NOS/c1-2-11-27-25(10-1)20-22-30-39-35(17-9-18-36(39)43-40(27)30)42-26-21-23-38-34(24-26)41(33-16-7-8-19-37(33)44-38)31-14-5-3-12-28(31)29-13-4-6-15-32(29)41/h1-24,42H. The molecule has 2 nitrogen and oxygen atoms in total. The molecule has 8 aromatic rings. The smallest absolute Gasteiger partial charge is 0.143 e. The van der Waals surface area contributed by atoms with E-state index in [0.717, 1.165) is 38.7 Å². The number of benzene rings is 7. The summed E-state index contributed by atoms with van der Waals surface area (Å²) >= 11 is 1.87. The lowest BCUT2D eigenvalue weighted by Crippen LogP contribution is -2.32. The zero-order chi connectivity index (χ0) is 28.8. The molecule has 1 aliphatic heterocycles. The van der Waals surface area contributed by atoms with Gasteiger partial charge in [0.05, 0.1) is 16.5 Å². The Balaban J connectivity index is 1.20. The molecule has 206 valence electrons. The van der Waals surface area contributed by atoms with E-state index in [9.17, 15) is 0 Å². The minimum atomic E-state index is -0.394. The Morgan fingerprint density at radius 1 is 0.523 bits per heavy atom. The lowest BCUT2D eigenvalue weighted by molar-refractivity contribution is 0.673. The third-order valence-corrected chi connectivity index (χ3v) is 10.7. The molecular weight excluding hydrogens is 555 g/mol. The molecule has 0 bridgehead atoms. The maximum absolute atomic E-state index is 6.48. The van der Waals surface area contributed by atoms with Gasteiger partial charge in [-0.3, -0.25) is 0 Å². The Morgan fingerprint density at radius 3 is 2.07 bits per heavy atom. The molecule has 0 radical (unpaired) electrons. The van der Waals surface area contributed by atoms with Gasteiger partial charge in [-0.15, -0.1) is 0 Å². The Bertz CT molecular complexity index is 2430. The van der Waals surface area contributed by atoms with E-state index in [2.05, 4.69) is 151 Å². The highest BCUT2D eigenvalue weighted by Crippen LogP contribution is 2.62. The van der Waals surface area contributed by atoms with Gasteiger partial charge in [-0.05, 0) is 81.2 Å². The van der Waals surface area contributed by atoms with Crippen molar-refractivity contribution in [2.45, 2.75) is 15.2 Å². The van der Waals surface area contributed by atoms with Crippen LogP contribution in [0.25, 0.3) is 43.8 Å². The van der Waals surface area contributed by atoms with Gasteiger partial charge < -0.3 is 9.73 Å². The SMILES string of the molecule is c1ccc2c(c1)Sc1ccc(Nc3cccc4oc5c6ccccc6ccc5c34)cc1C21c2ccccc2-c2ccccc21. The summed E-state index contributed by atoms with van der Waals surface area (Å²) in [4.78, 5) is 2.60. The maximum atomic E-state index is 6.48. The van der Waals surface area contributed by atoms with E-state index >= 15 is 0 Å². The maximum Gasteiger partial charge on any atom is 0.143 e. The van der Waals surface area contributed by atoms with Gasteiger partial charge in [0.2, 0.25) is 0 Å². The van der Waals surface area contributed by atoms with E-state index in [4.69, 9.17) is 4.42 Å². The Morgan fingerprint density at radius 2 is 1.23 bits per heavy atom. The van der Waals surface area contributed by atoms with Crippen LogP contribution in [0.1, 0.15) is 22.3 Å². The van der Waals surface area contributed by atoms with Crippen molar-refractivity contribution < 1.29 is 4.42 Å². The van der Waals surface area contributed by atoms with Crippen LogP contribution in [0.2, 0.25) is 0 Å². The molecule has 44 heavy (non-hydrogen) atoms. The Hall–Kier alpha value is -5.25. The fourth-order valence-electron chi connectivity index (χ4n) is 7.75. The fourth-order valence-corrected chi connectivity index (χ4v) is 8.92. The van der Waals surface area contributed by atoms with Crippen molar-refractivity contribution in [3.63, 3.8) is 0 Å². The molecule has 0 saturated heterocycles. The first-order valence-corrected chi connectivity index (χ1v) is 15.8. The molecule has 0 saturated carbocycles.